The molecule has 80 valence electrons. The van der Waals surface area contributed by atoms with Gasteiger partial charge in [0, 0.05) is 12.2 Å². The molecule has 0 amide bonds. The minimum absolute atomic E-state index is 0.299. The van der Waals surface area contributed by atoms with Gasteiger partial charge in [0.2, 0.25) is 0 Å². The Morgan fingerprint density at radius 1 is 1.47 bits per heavy atom. The summed E-state index contributed by atoms with van der Waals surface area (Å²) in [6, 6.07) is 3.93. The smallest absolute Gasteiger partial charge is 0.149 e. The van der Waals surface area contributed by atoms with E-state index < -0.39 is 0 Å². The highest BCUT2D eigenvalue weighted by atomic mass is 15.0. The summed E-state index contributed by atoms with van der Waals surface area (Å²) in [6.07, 6.45) is 1.52. The fraction of sp³-hybridized carbons (Fsp3) is 0.455. The van der Waals surface area contributed by atoms with Crippen LogP contribution in [0.3, 0.4) is 0 Å². The zero-order chi connectivity index (χ0) is 11.4. The van der Waals surface area contributed by atoms with Gasteiger partial charge in [-0.2, -0.15) is 5.26 Å². The number of nitrogens with two attached hydrogens (primary N) is 1. The van der Waals surface area contributed by atoms with Crippen molar-refractivity contribution < 1.29 is 0 Å². The van der Waals surface area contributed by atoms with E-state index in [2.05, 4.69) is 31.1 Å². The fourth-order valence-corrected chi connectivity index (χ4v) is 1.05. The second-order valence-corrected chi connectivity index (χ2v) is 3.95. The lowest BCUT2D eigenvalue weighted by atomic mass is 10.1. The van der Waals surface area contributed by atoms with Crippen LogP contribution in [0.5, 0.6) is 0 Å². The lowest BCUT2D eigenvalue weighted by molar-refractivity contribution is 0.558. The van der Waals surface area contributed by atoms with E-state index in [0.29, 0.717) is 29.0 Å². The molecule has 0 bridgehead atoms. The van der Waals surface area contributed by atoms with Gasteiger partial charge < -0.3 is 11.1 Å². The van der Waals surface area contributed by atoms with E-state index in [1.807, 2.05) is 6.07 Å². The zero-order valence-corrected chi connectivity index (χ0v) is 9.28. The van der Waals surface area contributed by atoms with Crippen molar-refractivity contribution >= 4 is 11.5 Å². The van der Waals surface area contributed by atoms with Crippen LogP contribution in [0, 0.1) is 17.2 Å². The zero-order valence-electron chi connectivity index (χ0n) is 9.28. The average molecular weight is 204 g/mol. The summed E-state index contributed by atoms with van der Waals surface area (Å²) >= 11 is 0. The third-order valence-electron chi connectivity index (χ3n) is 2.41. The molecule has 15 heavy (non-hydrogen) atoms. The van der Waals surface area contributed by atoms with Crippen molar-refractivity contribution in [3.63, 3.8) is 0 Å². The average Bonchev–Trinajstić information content (AvgIpc) is 2.20. The van der Waals surface area contributed by atoms with Crippen LogP contribution in [0.1, 0.15) is 26.3 Å². The lowest BCUT2D eigenvalue weighted by Crippen LogP contribution is -2.22. The van der Waals surface area contributed by atoms with E-state index in [9.17, 15) is 0 Å². The quantitative estimate of drug-likeness (QED) is 0.789. The topological polar surface area (TPSA) is 74.7 Å². The van der Waals surface area contributed by atoms with Gasteiger partial charge in [0.05, 0.1) is 11.3 Å². The van der Waals surface area contributed by atoms with Crippen LogP contribution in [0.15, 0.2) is 12.3 Å². The molecule has 0 spiro atoms. The number of pyridine rings is 1. The first kappa shape index (κ1) is 11.3. The van der Waals surface area contributed by atoms with Gasteiger partial charge in [0.15, 0.2) is 0 Å². The Balaban J connectivity index is 2.84. The van der Waals surface area contributed by atoms with Crippen LogP contribution < -0.4 is 11.1 Å². The first-order chi connectivity index (χ1) is 7.04. The molecule has 0 aromatic carbocycles. The van der Waals surface area contributed by atoms with Gasteiger partial charge in [0.1, 0.15) is 11.9 Å². The Morgan fingerprint density at radius 3 is 2.60 bits per heavy atom. The first-order valence-corrected chi connectivity index (χ1v) is 4.96. The highest BCUT2D eigenvalue weighted by Crippen LogP contribution is 2.18. The Bertz CT molecular complexity index is 379. The Hall–Kier alpha value is -1.76. The van der Waals surface area contributed by atoms with E-state index in [0.717, 1.165) is 0 Å². The predicted molar refractivity (Wildman–Crippen MR) is 61.3 cm³/mol. The maximum Gasteiger partial charge on any atom is 0.149 e. The number of nitrogen functional groups attached to an aromatic ring is 1. The van der Waals surface area contributed by atoms with E-state index in [-0.39, 0.29) is 0 Å². The normalized spacial score (nSPS) is 12.2. The van der Waals surface area contributed by atoms with Crippen LogP contribution in [0.4, 0.5) is 11.5 Å². The molecular formula is C11H16N4. The third-order valence-corrected chi connectivity index (χ3v) is 2.41. The second kappa shape index (κ2) is 4.65. The van der Waals surface area contributed by atoms with E-state index in [4.69, 9.17) is 11.0 Å². The Kier molecular flexibility index (Phi) is 3.51. The van der Waals surface area contributed by atoms with E-state index in [1.165, 1.54) is 6.20 Å². The Labute approximate surface area is 90.1 Å². The van der Waals surface area contributed by atoms with Crippen molar-refractivity contribution in [2.24, 2.45) is 5.92 Å². The number of aromatic nitrogens is 1. The Morgan fingerprint density at radius 2 is 2.13 bits per heavy atom. The number of hydrogen-bond donors (Lipinski definition) is 2. The van der Waals surface area contributed by atoms with Crippen molar-refractivity contribution in [1.82, 2.24) is 4.98 Å². The molecule has 0 aliphatic carbocycles. The number of rotatable bonds is 3. The molecule has 1 atom stereocenters. The second-order valence-electron chi connectivity index (χ2n) is 3.95. The fourth-order valence-electron chi connectivity index (χ4n) is 1.05. The summed E-state index contributed by atoms with van der Waals surface area (Å²) in [5, 5.41) is 11.9. The summed E-state index contributed by atoms with van der Waals surface area (Å²) in [5.74, 6) is 1.15. The first-order valence-electron chi connectivity index (χ1n) is 4.96. The van der Waals surface area contributed by atoms with Crippen molar-refractivity contribution in [2.45, 2.75) is 26.8 Å². The molecular weight excluding hydrogens is 188 g/mol. The van der Waals surface area contributed by atoms with E-state index in [1.54, 1.807) is 6.07 Å². The van der Waals surface area contributed by atoms with Crippen molar-refractivity contribution in [3.05, 3.63) is 17.8 Å². The van der Waals surface area contributed by atoms with Crippen LogP contribution in [0.25, 0.3) is 0 Å². The van der Waals surface area contributed by atoms with Crippen molar-refractivity contribution in [1.29, 1.82) is 5.26 Å². The molecule has 1 rings (SSSR count). The van der Waals surface area contributed by atoms with Crippen LogP contribution in [0.2, 0.25) is 0 Å². The maximum atomic E-state index is 8.66. The molecule has 0 aliphatic rings. The summed E-state index contributed by atoms with van der Waals surface area (Å²) in [6.45, 7) is 6.32. The van der Waals surface area contributed by atoms with Gasteiger partial charge in [-0.15, -0.1) is 0 Å². The number of anilines is 2. The highest BCUT2D eigenvalue weighted by Gasteiger charge is 2.09. The molecule has 4 nitrogen and oxygen atoms in total. The standard InChI is InChI=1S/C11H16N4/c1-7(2)8(3)15-11-10(13)4-9(5-12)6-14-11/h4,6-8H,13H2,1-3H3,(H,14,15). The van der Waals surface area contributed by atoms with Crippen LogP contribution in [-0.4, -0.2) is 11.0 Å². The molecule has 0 saturated heterocycles. The number of hydrogen-bond acceptors (Lipinski definition) is 4. The molecule has 0 radical (unpaired) electrons. The number of nitriles is 1. The van der Waals surface area contributed by atoms with Gasteiger partial charge in [-0.25, -0.2) is 4.98 Å². The third kappa shape index (κ3) is 2.84. The molecule has 1 aromatic heterocycles. The molecule has 1 aromatic rings. The van der Waals surface area contributed by atoms with Gasteiger partial charge >= 0.3 is 0 Å². The van der Waals surface area contributed by atoms with Crippen LogP contribution >= 0.6 is 0 Å². The molecule has 4 heteroatoms. The minimum atomic E-state index is 0.299. The molecule has 0 aliphatic heterocycles. The number of nitrogens with zero attached hydrogens (tertiary/aromatic N) is 2. The van der Waals surface area contributed by atoms with Gasteiger partial charge in [0.25, 0.3) is 0 Å². The molecule has 1 unspecified atom stereocenters. The van der Waals surface area contributed by atoms with Gasteiger partial charge in [-0.05, 0) is 18.9 Å². The van der Waals surface area contributed by atoms with E-state index >= 15 is 0 Å². The SMILES string of the molecule is CC(C)C(C)Nc1ncc(C#N)cc1N. The summed E-state index contributed by atoms with van der Waals surface area (Å²) < 4.78 is 0. The van der Waals surface area contributed by atoms with Crippen LogP contribution in [-0.2, 0) is 0 Å². The lowest BCUT2D eigenvalue weighted by Gasteiger charge is -2.18. The summed E-state index contributed by atoms with van der Waals surface area (Å²) in [7, 11) is 0. The predicted octanol–water partition coefficient (Wildman–Crippen LogP) is 1.99. The van der Waals surface area contributed by atoms with Crippen molar-refractivity contribution in [2.75, 3.05) is 11.1 Å². The van der Waals surface area contributed by atoms with Gasteiger partial charge in [-0.3, -0.25) is 0 Å². The monoisotopic (exact) mass is 204 g/mol. The number of nitrogens with one attached hydrogen (secondary N) is 1. The molecule has 3 N–H and O–H groups in total. The molecule has 1 heterocycles. The minimum Gasteiger partial charge on any atom is -0.396 e. The molecule has 0 fully saturated rings. The molecule has 0 saturated carbocycles. The van der Waals surface area contributed by atoms with Gasteiger partial charge in [-0.1, -0.05) is 13.8 Å². The summed E-state index contributed by atoms with van der Waals surface area (Å²) in [4.78, 5) is 4.11. The maximum absolute atomic E-state index is 8.66. The largest absolute Gasteiger partial charge is 0.396 e. The highest BCUT2D eigenvalue weighted by molar-refractivity contribution is 5.63. The summed E-state index contributed by atoms with van der Waals surface area (Å²) in [5.41, 5.74) is 6.77. The van der Waals surface area contributed by atoms with Crippen molar-refractivity contribution in [3.8, 4) is 6.07 Å².